The van der Waals surface area contributed by atoms with Gasteiger partial charge in [0, 0.05) is 6.61 Å². The Labute approximate surface area is 70.3 Å². The lowest BCUT2D eigenvalue weighted by molar-refractivity contribution is -0.0155. The van der Waals surface area contributed by atoms with Crippen molar-refractivity contribution in [3.05, 3.63) is 0 Å². The van der Waals surface area contributed by atoms with E-state index in [1.165, 1.54) is 0 Å². The smallest absolute Gasteiger partial charge is 0.0638 e. The van der Waals surface area contributed by atoms with Crippen molar-refractivity contribution in [2.24, 2.45) is 0 Å². The van der Waals surface area contributed by atoms with Crippen molar-refractivity contribution in [2.45, 2.75) is 39.7 Å². The largest absolute Gasteiger partial charge is 0.376 e. The van der Waals surface area contributed by atoms with Crippen molar-refractivity contribution >= 4 is 0 Å². The van der Waals surface area contributed by atoms with Crippen LogP contribution in [0.2, 0.25) is 0 Å². The van der Waals surface area contributed by atoms with Crippen LogP contribution < -0.4 is 5.32 Å². The SMILES string of the molecule is CCNCCC(C)(C)OCC. The molecule has 0 unspecified atom stereocenters. The zero-order chi connectivity index (χ0) is 8.74. The van der Waals surface area contributed by atoms with Crippen LogP contribution in [0.15, 0.2) is 0 Å². The van der Waals surface area contributed by atoms with E-state index >= 15 is 0 Å². The van der Waals surface area contributed by atoms with E-state index < -0.39 is 0 Å². The number of nitrogens with one attached hydrogen (secondary N) is 1. The molecule has 11 heavy (non-hydrogen) atoms. The maximum Gasteiger partial charge on any atom is 0.0638 e. The van der Waals surface area contributed by atoms with Crippen molar-refractivity contribution in [1.82, 2.24) is 5.32 Å². The molecule has 2 nitrogen and oxygen atoms in total. The molecule has 0 aliphatic heterocycles. The Morgan fingerprint density at radius 2 is 1.91 bits per heavy atom. The Balaban J connectivity index is 3.38. The number of rotatable bonds is 6. The van der Waals surface area contributed by atoms with Gasteiger partial charge < -0.3 is 10.1 Å². The van der Waals surface area contributed by atoms with E-state index in [4.69, 9.17) is 4.74 Å². The molecule has 0 aromatic heterocycles. The number of ether oxygens (including phenoxy) is 1. The molecule has 0 spiro atoms. The lowest BCUT2D eigenvalue weighted by Crippen LogP contribution is -2.29. The summed E-state index contributed by atoms with van der Waals surface area (Å²) < 4.78 is 5.54. The van der Waals surface area contributed by atoms with Crippen LogP contribution in [-0.4, -0.2) is 25.3 Å². The van der Waals surface area contributed by atoms with Gasteiger partial charge in [-0.05, 0) is 40.3 Å². The molecule has 0 amide bonds. The van der Waals surface area contributed by atoms with E-state index in [1.807, 2.05) is 6.92 Å². The maximum atomic E-state index is 5.54. The highest BCUT2D eigenvalue weighted by atomic mass is 16.5. The molecule has 0 aliphatic rings. The molecule has 0 rings (SSSR count). The molecule has 0 aromatic rings. The first-order valence-corrected chi connectivity index (χ1v) is 4.47. The maximum absolute atomic E-state index is 5.54. The third kappa shape index (κ3) is 6.32. The van der Waals surface area contributed by atoms with Gasteiger partial charge in [-0.25, -0.2) is 0 Å². The van der Waals surface area contributed by atoms with Crippen molar-refractivity contribution < 1.29 is 4.74 Å². The van der Waals surface area contributed by atoms with Gasteiger partial charge in [-0.1, -0.05) is 6.92 Å². The first-order valence-electron chi connectivity index (χ1n) is 4.47. The molecule has 0 atom stereocenters. The molecule has 0 aliphatic carbocycles. The molecule has 0 bridgehead atoms. The average Bonchev–Trinajstić information content (AvgIpc) is 1.87. The van der Waals surface area contributed by atoms with Crippen molar-refractivity contribution in [3.63, 3.8) is 0 Å². The second-order valence-electron chi connectivity index (χ2n) is 3.30. The first-order chi connectivity index (χ1) is 5.12. The van der Waals surface area contributed by atoms with Crippen LogP contribution in [-0.2, 0) is 4.74 Å². The molecular formula is C9H21NO. The lowest BCUT2D eigenvalue weighted by atomic mass is 10.1. The fourth-order valence-corrected chi connectivity index (χ4v) is 1.03. The second-order valence-corrected chi connectivity index (χ2v) is 3.30. The van der Waals surface area contributed by atoms with Crippen LogP contribution in [0.5, 0.6) is 0 Å². The Bertz CT molecular complexity index is 91.6. The van der Waals surface area contributed by atoms with E-state index in [-0.39, 0.29) is 5.60 Å². The zero-order valence-electron chi connectivity index (χ0n) is 8.24. The fraction of sp³-hybridized carbons (Fsp3) is 1.00. The highest BCUT2D eigenvalue weighted by Crippen LogP contribution is 2.12. The van der Waals surface area contributed by atoms with E-state index in [9.17, 15) is 0 Å². The predicted octanol–water partition coefficient (Wildman–Crippen LogP) is 1.80. The summed E-state index contributed by atoms with van der Waals surface area (Å²) in [6, 6.07) is 0. The van der Waals surface area contributed by atoms with E-state index in [1.54, 1.807) is 0 Å². The Kier molecular flexibility index (Phi) is 5.51. The van der Waals surface area contributed by atoms with Gasteiger partial charge in [0.1, 0.15) is 0 Å². The molecule has 1 N–H and O–H groups in total. The molecule has 0 aromatic carbocycles. The molecule has 0 fully saturated rings. The van der Waals surface area contributed by atoms with Crippen LogP contribution in [0.4, 0.5) is 0 Å². The molecule has 0 radical (unpaired) electrons. The van der Waals surface area contributed by atoms with Crippen LogP contribution in [0, 0.1) is 0 Å². The van der Waals surface area contributed by atoms with Gasteiger partial charge in [-0.3, -0.25) is 0 Å². The Morgan fingerprint density at radius 1 is 1.27 bits per heavy atom. The summed E-state index contributed by atoms with van der Waals surface area (Å²) in [7, 11) is 0. The van der Waals surface area contributed by atoms with Crippen molar-refractivity contribution in [3.8, 4) is 0 Å². The van der Waals surface area contributed by atoms with Crippen molar-refractivity contribution in [1.29, 1.82) is 0 Å². The summed E-state index contributed by atoms with van der Waals surface area (Å²) in [6.07, 6.45) is 1.08. The third-order valence-electron chi connectivity index (χ3n) is 1.69. The third-order valence-corrected chi connectivity index (χ3v) is 1.69. The molecule has 2 heteroatoms. The molecule has 0 saturated heterocycles. The Morgan fingerprint density at radius 3 is 2.36 bits per heavy atom. The highest BCUT2D eigenvalue weighted by molar-refractivity contribution is 4.69. The molecule has 0 heterocycles. The minimum Gasteiger partial charge on any atom is -0.376 e. The standard InChI is InChI=1S/C9H21NO/c1-5-10-8-7-9(3,4)11-6-2/h10H,5-8H2,1-4H3. The van der Waals surface area contributed by atoms with Gasteiger partial charge >= 0.3 is 0 Å². The Hall–Kier alpha value is -0.0800. The highest BCUT2D eigenvalue weighted by Gasteiger charge is 2.15. The fourth-order valence-electron chi connectivity index (χ4n) is 1.03. The normalized spacial score (nSPS) is 12.0. The summed E-state index contributed by atoms with van der Waals surface area (Å²) in [5.41, 5.74) is 0.0386. The van der Waals surface area contributed by atoms with Gasteiger partial charge in [-0.2, -0.15) is 0 Å². The lowest BCUT2D eigenvalue weighted by Gasteiger charge is -2.24. The van der Waals surface area contributed by atoms with Crippen LogP contribution in [0.1, 0.15) is 34.1 Å². The monoisotopic (exact) mass is 159 g/mol. The van der Waals surface area contributed by atoms with Gasteiger partial charge in [-0.15, -0.1) is 0 Å². The van der Waals surface area contributed by atoms with Crippen LogP contribution >= 0.6 is 0 Å². The number of hydrogen-bond acceptors (Lipinski definition) is 2. The van der Waals surface area contributed by atoms with Gasteiger partial charge in [0.2, 0.25) is 0 Å². The summed E-state index contributed by atoms with van der Waals surface area (Å²) in [6.45, 7) is 11.3. The van der Waals surface area contributed by atoms with E-state index in [0.717, 1.165) is 26.1 Å². The minimum atomic E-state index is 0.0386. The molecular weight excluding hydrogens is 138 g/mol. The summed E-state index contributed by atoms with van der Waals surface area (Å²) in [5, 5.41) is 3.28. The minimum absolute atomic E-state index is 0.0386. The van der Waals surface area contributed by atoms with Crippen LogP contribution in [0.3, 0.4) is 0 Å². The van der Waals surface area contributed by atoms with Gasteiger partial charge in [0.25, 0.3) is 0 Å². The summed E-state index contributed by atoms with van der Waals surface area (Å²) in [4.78, 5) is 0. The average molecular weight is 159 g/mol. The van der Waals surface area contributed by atoms with E-state index in [2.05, 4.69) is 26.1 Å². The second kappa shape index (κ2) is 5.56. The molecule has 68 valence electrons. The molecule has 0 saturated carbocycles. The van der Waals surface area contributed by atoms with E-state index in [0.29, 0.717) is 0 Å². The van der Waals surface area contributed by atoms with Crippen LogP contribution in [0.25, 0.3) is 0 Å². The summed E-state index contributed by atoms with van der Waals surface area (Å²) >= 11 is 0. The number of hydrogen-bond donors (Lipinski definition) is 1. The van der Waals surface area contributed by atoms with Gasteiger partial charge in [0.15, 0.2) is 0 Å². The topological polar surface area (TPSA) is 21.3 Å². The predicted molar refractivity (Wildman–Crippen MR) is 48.9 cm³/mol. The van der Waals surface area contributed by atoms with Crippen molar-refractivity contribution in [2.75, 3.05) is 19.7 Å². The summed E-state index contributed by atoms with van der Waals surface area (Å²) in [5.74, 6) is 0. The van der Waals surface area contributed by atoms with Gasteiger partial charge in [0.05, 0.1) is 5.60 Å². The quantitative estimate of drug-likeness (QED) is 0.597. The first kappa shape index (κ1) is 10.9. The zero-order valence-corrected chi connectivity index (χ0v) is 8.24.